The fraction of sp³-hybridized carbons (Fsp3) is 0.111. The van der Waals surface area contributed by atoms with Crippen molar-refractivity contribution in [3.63, 3.8) is 0 Å². The molecule has 0 bridgehead atoms. The molecule has 356 valence electrons. The van der Waals surface area contributed by atoms with Crippen molar-refractivity contribution in [1.29, 1.82) is 0 Å². The van der Waals surface area contributed by atoms with Crippen LogP contribution in [0.5, 0.6) is 0 Å². The molecule has 1 heterocycles. The van der Waals surface area contributed by atoms with Crippen LogP contribution in [0.25, 0.3) is 104 Å². The number of para-hydroxylation sites is 2. The van der Waals surface area contributed by atoms with E-state index in [9.17, 15) is 0 Å². The molecule has 0 aliphatic rings. The molecule has 2 nitrogen and oxygen atoms in total. The van der Waals surface area contributed by atoms with Gasteiger partial charge in [0.05, 0.1) is 33.8 Å². The first-order valence-electron chi connectivity index (χ1n) is 26.1. The first-order chi connectivity index (χ1) is 36.0. The molecule has 0 spiro atoms. The van der Waals surface area contributed by atoms with Gasteiger partial charge in [0, 0.05) is 38.2 Å². The van der Waals surface area contributed by atoms with Crippen LogP contribution < -0.4 is 4.90 Å². The van der Waals surface area contributed by atoms with Gasteiger partial charge in [-0.1, -0.05) is 236 Å². The highest BCUT2D eigenvalue weighted by atomic mass is 15.2. The van der Waals surface area contributed by atoms with Crippen LogP contribution in [0.2, 0.25) is 0 Å². The normalized spacial score (nSPS) is 12.2. The molecule has 0 aliphatic carbocycles. The third-order valence-electron chi connectivity index (χ3n) is 15.5. The van der Waals surface area contributed by atoms with Crippen molar-refractivity contribution < 1.29 is 0 Å². The summed E-state index contributed by atoms with van der Waals surface area (Å²) < 4.78 is 2.53. The van der Waals surface area contributed by atoms with Gasteiger partial charge in [0.15, 0.2) is 0 Å². The lowest BCUT2D eigenvalue weighted by atomic mass is 9.85. The molecular formula is C72H58N2. The molecule has 0 saturated heterocycles. The highest BCUT2D eigenvalue weighted by Gasteiger charge is 2.28. The topological polar surface area (TPSA) is 8.17 Å². The molecule has 13 rings (SSSR count). The molecule has 0 saturated carbocycles. The second kappa shape index (κ2) is 17.5. The van der Waals surface area contributed by atoms with Gasteiger partial charge in [-0.25, -0.2) is 0 Å². The molecule has 0 N–H and O–H groups in total. The predicted molar refractivity (Wildman–Crippen MR) is 318 cm³/mol. The molecule has 0 unspecified atom stereocenters. The van der Waals surface area contributed by atoms with Gasteiger partial charge in [0.1, 0.15) is 0 Å². The molecule has 1 aromatic heterocycles. The van der Waals surface area contributed by atoms with Gasteiger partial charge < -0.3 is 9.47 Å². The van der Waals surface area contributed by atoms with E-state index in [0.29, 0.717) is 0 Å². The van der Waals surface area contributed by atoms with E-state index in [2.05, 4.69) is 294 Å². The summed E-state index contributed by atoms with van der Waals surface area (Å²) in [6, 6.07) is 90.5. The van der Waals surface area contributed by atoms with Gasteiger partial charge in [-0.15, -0.1) is 0 Å². The third kappa shape index (κ3) is 7.55. The Balaban J connectivity index is 1.11. The molecule has 2 heteroatoms. The zero-order valence-electron chi connectivity index (χ0n) is 43.0. The fourth-order valence-corrected chi connectivity index (χ4v) is 11.6. The van der Waals surface area contributed by atoms with Crippen LogP contribution in [0.3, 0.4) is 0 Å². The Labute approximate surface area is 434 Å². The summed E-state index contributed by atoms with van der Waals surface area (Å²) in [4.78, 5) is 2.58. The SMILES string of the molecule is CC(C)(C)c1ccc2c(c1)c1cc(C(C)(C)C)ccc1n2-c1ccc2ccc3c(N(c4ccccc4-c4cccc(-c5ccccc5)c4)c4c(-c5ccccc5)cccc4-c4ccccc4)ccc4ccc1c2c43. The first kappa shape index (κ1) is 45.2. The Hall–Kier alpha value is -8.72. The Morgan fingerprint density at radius 3 is 1.36 bits per heavy atom. The molecule has 13 aromatic rings. The van der Waals surface area contributed by atoms with Crippen LogP contribution in [0.4, 0.5) is 17.1 Å². The van der Waals surface area contributed by atoms with Crippen LogP contribution in [0.1, 0.15) is 52.7 Å². The van der Waals surface area contributed by atoms with Crippen molar-refractivity contribution in [1.82, 2.24) is 4.57 Å². The zero-order valence-corrected chi connectivity index (χ0v) is 43.0. The van der Waals surface area contributed by atoms with Crippen molar-refractivity contribution in [2.24, 2.45) is 0 Å². The van der Waals surface area contributed by atoms with E-state index in [1.54, 1.807) is 0 Å². The highest BCUT2D eigenvalue weighted by molar-refractivity contribution is 6.28. The average Bonchev–Trinajstić information content (AvgIpc) is 3.80. The lowest BCUT2D eigenvalue weighted by Crippen LogP contribution is -2.14. The van der Waals surface area contributed by atoms with Gasteiger partial charge in [0.2, 0.25) is 0 Å². The Kier molecular flexibility index (Phi) is 10.7. The van der Waals surface area contributed by atoms with Gasteiger partial charge >= 0.3 is 0 Å². The largest absolute Gasteiger partial charge is 0.309 e. The van der Waals surface area contributed by atoms with E-state index >= 15 is 0 Å². The minimum absolute atomic E-state index is 0.0129. The minimum Gasteiger partial charge on any atom is -0.309 e. The summed E-state index contributed by atoms with van der Waals surface area (Å²) in [5.74, 6) is 0. The summed E-state index contributed by atoms with van der Waals surface area (Å²) in [7, 11) is 0. The molecule has 0 fully saturated rings. The van der Waals surface area contributed by atoms with Crippen molar-refractivity contribution in [2.75, 3.05) is 4.90 Å². The van der Waals surface area contributed by atoms with Crippen LogP contribution in [0.15, 0.2) is 243 Å². The van der Waals surface area contributed by atoms with Crippen molar-refractivity contribution in [3.8, 4) is 50.2 Å². The number of nitrogens with zero attached hydrogens (tertiary/aromatic N) is 2. The van der Waals surface area contributed by atoms with E-state index in [4.69, 9.17) is 0 Å². The molecular weight excluding hydrogens is 893 g/mol. The molecule has 0 radical (unpaired) electrons. The van der Waals surface area contributed by atoms with Crippen molar-refractivity contribution >= 4 is 71.2 Å². The smallest absolute Gasteiger partial charge is 0.0618 e. The second-order valence-electron chi connectivity index (χ2n) is 22.1. The van der Waals surface area contributed by atoms with Crippen molar-refractivity contribution in [3.05, 3.63) is 254 Å². The number of fused-ring (bicyclic) bond motifs is 3. The predicted octanol–water partition coefficient (Wildman–Crippen LogP) is 20.4. The summed E-state index contributed by atoms with van der Waals surface area (Å²) in [6.07, 6.45) is 0. The number of hydrogen-bond donors (Lipinski definition) is 0. The van der Waals surface area contributed by atoms with Gasteiger partial charge in [0.25, 0.3) is 0 Å². The Morgan fingerprint density at radius 2 is 0.770 bits per heavy atom. The van der Waals surface area contributed by atoms with Crippen LogP contribution in [-0.2, 0) is 10.8 Å². The van der Waals surface area contributed by atoms with Crippen molar-refractivity contribution in [2.45, 2.75) is 52.4 Å². The maximum atomic E-state index is 2.58. The molecule has 0 aliphatic heterocycles. The first-order valence-corrected chi connectivity index (χ1v) is 26.1. The van der Waals surface area contributed by atoms with Gasteiger partial charge in [-0.05, 0) is 120 Å². The quantitative estimate of drug-likeness (QED) is 0.138. The molecule has 0 atom stereocenters. The number of benzene rings is 12. The summed E-state index contributed by atoms with van der Waals surface area (Å²) in [6.45, 7) is 13.9. The molecule has 0 amide bonds. The van der Waals surface area contributed by atoms with Crippen LogP contribution >= 0.6 is 0 Å². The second-order valence-corrected chi connectivity index (χ2v) is 22.1. The fourth-order valence-electron chi connectivity index (χ4n) is 11.6. The van der Waals surface area contributed by atoms with E-state index in [1.165, 1.54) is 82.1 Å². The van der Waals surface area contributed by atoms with Gasteiger partial charge in [-0.2, -0.15) is 0 Å². The number of anilines is 3. The summed E-state index contributed by atoms with van der Waals surface area (Å²) >= 11 is 0. The summed E-state index contributed by atoms with van der Waals surface area (Å²) in [5.41, 5.74) is 19.0. The van der Waals surface area contributed by atoms with Gasteiger partial charge in [-0.3, -0.25) is 0 Å². The average molecular weight is 951 g/mol. The zero-order chi connectivity index (χ0) is 50.3. The summed E-state index contributed by atoms with van der Waals surface area (Å²) in [5, 5.41) is 9.99. The molecule has 12 aromatic carbocycles. The Bertz CT molecular complexity index is 4110. The maximum absolute atomic E-state index is 2.58. The monoisotopic (exact) mass is 950 g/mol. The van der Waals surface area contributed by atoms with Crippen LogP contribution in [0, 0.1) is 0 Å². The molecule has 74 heavy (non-hydrogen) atoms. The van der Waals surface area contributed by atoms with E-state index in [0.717, 1.165) is 50.4 Å². The van der Waals surface area contributed by atoms with Crippen LogP contribution in [-0.4, -0.2) is 4.57 Å². The lowest BCUT2D eigenvalue weighted by molar-refractivity contribution is 0.590. The third-order valence-corrected chi connectivity index (χ3v) is 15.5. The number of aromatic nitrogens is 1. The lowest BCUT2D eigenvalue weighted by Gasteiger charge is -2.33. The van der Waals surface area contributed by atoms with E-state index in [1.807, 2.05) is 0 Å². The number of rotatable bonds is 8. The number of hydrogen-bond acceptors (Lipinski definition) is 1. The van der Waals surface area contributed by atoms with E-state index in [-0.39, 0.29) is 10.8 Å². The Morgan fingerprint density at radius 1 is 0.311 bits per heavy atom. The minimum atomic E-state index is 0.0129. The standard InChI is InChI=1S/C72H58N2/c1-71(2,3)54-36-42-66-61(45-54)62-46-55(72(4,5)6)37-43-67(62)73(66)64-40-34-50-33-39-60-65(41-35-51-32-38-59(64)68(50)69(51)60)74(63-31-17-16-28-56(63)53-27-18-26-52(44-53)47-20-10-7-11-21-47)70-57(48-22-12-8-13-23-48)29-19-30-58(70)49-24-14-9-15-25-49/h7-46H,1-6H3. The highest BCUT2D eigenvalue weighted by Crippen LogP contribution is 2.52. The maximum Gasteiger partial charge on any atom is 0.0618 e. The van der Waals surface area contributed by atoms with E-state index < -0.39 is 0 Å².